The maximum absolute atomic E-state index is 11.9. The number of anilines is 1. The van der Waals surface area contributed by atoms with E-state index in [0.29, 0.717) is 31.1 Å². The Morgan fingerprint density at radius 2 is 2.40 bits per heavy atom. The van der Waals surface area contributed by atoms with Crippen LogP contribution < -0.4 is 15.8 Å². The zero-order valence-electron chi connectivity index (χ0n) is 11.9. The molecule has 1 aromatic rings. The van der Waals surface area contributed by atoms with Crippen LogP contribution in [0.3, 0.4) is 0 Å². The molecule has 1 aromatic carbocycles. The Labute approximate surface area is 119 Å². The van der Waals surface area contributed by atoms with Crippen molar-refractivity contribution in [1.29, 1.82) is 0 Å². The van der Waals surface area contributed by atoms with Crippen LogP contribution in [-0.2, 0) is 9.53 Å². The Balaban J connectivity index is 1.72. The Kier molecular flexibility index (Phi) is 4.84. The van der Waals surface area contributed by atoms with Crippen LogP contribution in [0.15, 0.2) is 24.3 Å². The normalized spacial score (nSPS) is 22.2. The van der Waals surface area contributed by atoms with Gasteiger partial charge < -0.3 is 20.5 Å². The maximum atomic E-state index is 11.9. The molecule has 0 spiro atoms. The number of hydrogen-bond acceptors (Lipinski definition) is 4. The molecule has 1 saturated heterocycles. The largest absolute Gasteiger partial charge is 0.493 e. The topological polar surface area (TPSA) is 73.6 Å². The van der Waals surface area contributed by atoms with Crippen molar-refractivity contribution in [3.8, 4) is 5.75 Å². The molecule has 110 valence electrons. The predicted molar refractivity (Wildman–Crippen MR) is 77.6 cm³/mol. The highest BCUT2D eigenvalue weighted by molar-refractivity contribution is 5.76. The minimum atomic E-state index is -0.244. The molecule has 5 nitrogen and oxygen atoms in total. The summed E-state index contributed by atoms with van der Waals surface area (Å²) >= 11 is 0. The Morgan fingerprint density at radius 3 is 3.10 bits per heavy atom. The third kappa shape index (κ3) is 4.42. The van der Waals surface area contributed by atoms with Crippen molar-refractivity contribution in [1.82, 2.24) is 5.32 Å². The molecule has 1 fully saturated rings. The van der Waals surface area contributed by atoms with Crippen LogP contribution in [0, 0.1) is 0 Å². The lowest BCUT2D eigenvalue weighted by Crippen LogP contribution is -2.51. The van der Waals surface area contributed by atoms with Crippen LogP contribution in [-0.4, -0.2) is 31.3 Å². The molecular weight excluding hydrogens is 256 g/mol. The predicted octanol–water partition coefficient (Wildman–Crippen LogP) is 1.72. The molecule has 1 unspecified atom stereocenters. The molecule has 0 aromatic heterocycles. The van der Waals surface area contributed by atoms with Crippen LogP contribution in [0.25, 0.3) is 0 Å². The Morgan fingerprint density at radius 1 is 1.55 bits per heavy atom. The van der Waals surface area contributed by atoms with Gasteiger partial charge in [-0.05, 0) is 31.9 Å². The first-order valence-corrected chi connectivity index (χ1v) is 6.94. The molecular formula is C15H22N2O3. The van der Waals surface area contributed by atoms with Crippen LogP contribution in [0.1, 0.15) is 26.2 Å². The molecule has 2 rings (SSSR count). The van der Waals surface area contributed by atoms with Gasteiger partial charge in [-0.1, -0.05) is 6.07 Å². The minimum absolute atomic E-state index is 0.0121. The number of amides is 1. The van der Waals surface area contributed by atoms with E-state index in [1.807, 2.05) is 19.1 Å². The summed E-state index contributed by atoms with van der Waals surface area (Å²) in [6, 6.07) is 7.19. The number of rotatable bonds is 5. The Bertz CT molecular complexity index is 456. The SMILES string of the molecule is CC1(NC(=O)CCOc2cccc(N)c2)CCCOC1. The van der Waals surface area contributed by atoms with Crippen molar-refractivity contribution in [2.24, 2.45) is 0 Å². The lowest BCUT2D eigenvalue weighted by Gasteiger charge is -2.34. The molecule has 3 N–H and O–H groups in total. The number of ether oxygens (including phenoxy) is 2. The average molecular weight is 278 g/mol. The molecule has 0 aliphatic carbocycles. The molecule has 1 aliphatic rings. The van der Waals surface area contributed by atoms with E-state index < -0.39 is 0 Å². The maximum Gasteiger partial charge on any atom is 0.223 e. The van der Waals surface area contributed by atoms with E-state index in [1.165, 1.54) is 0 Å². The summed E-state index contributed by atoms with van der Waals surface area (Å²) in [7, 11) is 0. The van der Waals surface area contributed by atoms with Crippen molar-refractivity contribution in [2.45, 2.75) is 31.7 Å². The van der Waals surface area contributed by atoms with E-state index >= 15 is 0 Å². The first-order chi connectivity index (χ1) is 9.57. The molecule has 1 aliphatic heterocycles. The van der Waals surface area contributed by atoms with Crippen LogP contribution in [0.5, 0.6) is 5.75 Å². The number of nitrogens with one attached hydrogen (secondary N) is 1. The van der Waals surface area contributed by atoms with Crippen molar-refractivity contribution in [2.75, 3.05) is 25.6 Å². The molecule has 1 heterocycles. The van der Waals surface area contributed by atoms with Gasteiger partial charge in [0.05, 0.1) is 25.2 Å². The fraction of sp³-hybridized carbons (Fsp3) is 0.533. The standard InChI is InChI=1S/C15H22N2O3/c1-15(7-3-8-19-11-15)17-14(18)6-9-20-13-5-2-4-12(16)10-13/h2,4-5,10H,3,6-9,11,16H2,1H3,(H,17,18). The molecule has 5 heteroatoms. The highest BCUT2D eigenvalue weighted by atomic mass is 16.5. The van der Waals surface area contributed by atoms with Crippen molar-refractivity contribution in [3.63, 3.8) is 0 Å². The number of benzene rings is 1. The molecule has 0 radical (unpaired) electrons. The van der Waals surface area contributed by atoms with Crippen LogP contribution in [0.4, 0.5) is 5.69 Å². The van der Waals surface area contributed by atoms with Gasteiger partial charge in [-0.3, -0.25) is 4.79 Å². The molecule has 1 amide bonds. The zero-order chi connectivity index (χ0) is 14.4. The summed E-state index contributed by atoms with van der Waals surface area (Å²) in [4.78, 5) is 11.9. The van der Waals surface area contributed by atoms with Gasteiger partial charge in [-0.2, -0.15) is 0 Å². The van der Waals surface area contributed by atoms with E-state index in [9.17, 15) is 4.79 Å². The van der Waals surface area contributed by atoms with Gasteiger partial charge >= 0.3 is 0 Å². The molecule has 0 saturated carbocycles. The first kappa shape index (κ1) is 14.7. The Hall–Kier alpha value is -1.75. The summed E-state index contributed by atoms with van der Waals surface area (Å²) < 4.78 is 10.9. The number of nitrogens with two attached hydrogens (primary N) is 1. The average Bonchev–Trinajstić information content (AvgIpc) is 2.39. The summed E-state index contributed by atoms with van der Waals surface area (Å²) in [6.07, 6.45) is 2.26. The third-order valence-electron chi connectivity index (χ3n) is 3.34. The van der Waals surface area contributed by atoms with Crippen molar-refractivity contribution >= 4 is 11.6 Å². The van der Waals surface area contributed by atoms with Crippen LogP contribution >= 0.6 is 0 Å². The second-order valence-corrected chi connectivity index (χ2v) is 5.44. The molecule has 0 bridgehead atoms. The first-order valence-electron chi connectivity index (χ1n) is 6.94. The third-order valence-corrected chi connectivity index (χ3v) is 3.34. The highest BCUT2D eigenvalue weighted by Crippen LogP contribution is 2.18. The summed E-state index contributed by atoms with van der Waals surface area (Å²) in [5.74, 6) is 0.673. The second-order valence-electron chi connectivity index (χ2n) is 5.44. The fourth-order valence-electron chi connectivity index (χ4n) is 2.30. The van der Waals surface area contributed by atoms with Gasteiger partial charge in [-0.15, -0.1) is 0 Å². The van der Waals surface area contributed by atoms with Gasteiger partial charge in [0, 0.05) is 18.4 Å². The number of hydrogen-bond donors (Lipinski definition) is 2. The summed E-state index contributed by atoms with van der Waals surface area (Å²) in [5.41, 5.74) is 6.07. The number of carbonyl (C=O) groups excluding carboxylic acids is 1. The minimum Gasteiger partial charge on any atom is -0.493 e. The van der Waals surface area contributed by atoms with E-state index in [-0.39, 0.29) is 11.4 Å². The van der Waals surface area contributed by atoms with Gasteiger partial charge in [0.15, 0.2) is 0 Å². The molecule has 1 atom stereocenters. The lowest BCUT2D eigenvalue weighted by molar-refractivity contribution is -0.125. The lowest BCUT2D eigenvalue weighted by atomic mass is 9.95. The summed E-state index contributed by atoms with van der Waals surface area (Å²) in [6.45, 7) is 3.72. The van der Waals surface area contributed by atoms with Gasteiger partial charge in [0.25, 0.3) is 0 Å². The van der Waals surface area contributed by atoms with Crippen molar-refractivity contribution in [3.05, 3.63) is 24.3 Å². The van der Waals surface area contributed by atoms with Gasteiger partial charge in [-0.25, -0.2) is 0 Å². The van der Waals surface area contributed by atoms with E-state index in [2.05, 4.69) is 5.32 Å². The van der Waals surface area contributed by atoms with Gasteiger partial charge in [0.2, 0.25) is 5.91 Å². The summed E-state index contributed by atoms with van der Waals surface area (Å²) in [5, 5.41) is 3.02. The fourth-order valence-corrected chi connectivity index (χ4v) is 2.30. The zero-order valence-corrected chi connectivity index (χ0v) is 11.9. The highest BCUT2D eigenvalue weighted by Gasteiger charge is 2.28. The monoisotopic (exact) mass is 278 g/mol. The quantitative estimate of drug-likeness (QED) is 0.804. The number of carbonyl (C=O) groups is 1. The van der Waals surface area contributed by atoms with Crippen LogP contribution in [0.2, 0.25) is 0 Å². The van der Waals surface area contributed by atoms with Crippen molar-refractivity contribution < 1.29 is 14.3 Å². The second kappa shape index (κ2) is 6.61. The van der Waals surface area contributed by atoms with Gasteiger partial charge in [0.1, 0.15) is 5.75 Å². The van der Waals surface area contributed by atoms with E-state index in [1.54, 1.807) is 12.1 Å². The smallest absolute Gasteiger partial charge is 0.223 e. The number of nitrogen functional groups attached to an aromatic ring is 1. The van der Waals surface area contributed by atoms with E-state index in [4.69, 9.17) is 15.2 Å². The molecule has 20 heavy (non-hydrogen) atoms. The van der Waals surface area contributed by atoms with E-state index in [0.717, 1.165) is 19.4 Å².